The molecule has 33 heavy (non-hydrogen) atoms. The molecule has 0 unspecified atom stereocenters. The molecule has 10 heteroatoms. The Balaban J connectivity index is 1.44. The highest BCUT2D eigenvalue weighted by molar-refractivity contribution is 5.93. The number of likely N-dealkylation sites (tertiary alicyclic amines) is 1. The molecule has 10 nitrogen and oxygen atoms in total. The second-order valence-electron chi connectivity index (χ2n) is 8.91. The highest BCUT2D eigenvalue weighted by Crippen LogP contribution is 2.32. The lowest BCUT2D eigenvalue weighted by Gasteiger charge is -2.34. The number of nitrogens with zero attached hydrogens (tertiary/aromatic N) is 6. The number of amides is 1. The number of pyridine rings is 1. The van der Waals surface area contributed by atoms with Gasteiger partial charge in [-0.15, -0.1) is 0 Å². The minimum atomic E-state index is -0.107. The van der Waals surface area contributed by atoms with Gasteiger partial charge >= 0.3 is 0 Å². The number of nitrogens with two attached hydrogens (primary N) is 2. The van der Waals surface area contributed by atoms with Gasteiger partial charge in [-0.25, -0.2) is 14.5 Å². The van der Waals surface area contributed by atoms with E-state index in [0.717, 1.165) is 61.5 Å². The minimum absolute atomic E-state index is 0.0895. The van der Waals surface area contributed by atoms with Crippen LogP contribution in [-0.4, -0.2) is 62.7 Å². The molecule has 174 valence electrons. The first-order valence-corrected chi connectivity index (χ1v) is 11.6. The second-order valence-corrected chi connectivity index (χ2v) is 8.91. The van der Waals surface area contributed by atoms with E-state index >= 15 is 0 Å². The summed E-state index contributed by atoms with van der Waals surface area (Å²) >= 11 is 0. The number of hydrogen-bond acceptors (Lipinski definition) is 8. The van der Waals surface area contributed by atoms with Crippen LogP contribution >= 0.6 is 0 Å². The Morgan fingerprint density at radius 3 is 2.88 bits per heavy atom. The van der Waals surface area contributed by atoms with Crippen molar-refractivity contribution >= 4 is 23.2 Å². The summed E-state index contributed by atoms with van der Waals surface area (Å²) in [5.41, 5.74) is 14.8. The predicted molar refractivity (Wildman–Crippen MR) is 127 cm³/mol. The average Bonchev–Trinajstić information content (AvgIpc) is 3.44. The van der Waals surface area contributed by atoms with E-state index in [-0.39, 0.29) is 24.7 Å². The van der Waals surface area contributed by atoms with Gasteiger partial charge in [-0.2, -0.15) is 5.10 Å². The van der Waals surface area contributed by atoms with E-state index in [1.54, 1.807) is 12.1 Å². The summed E-state index contributed by atoms with van der Waals surface area (Å²) in [6.07, 6.45) is 5.87. The molecular formula is C23H31N9O. The van der Waals surface area contributed by atoms with Gasteiger partial charge in [0.1, 0.15) is 17.3 Å². The van der Waals surface area contributed by atoms with Crippen molar-refractivity contribution in [3.63, 3.8) is 0 Å². The molecule has 5 heterocycles. The molecule has 2 saturated heterocycles. The van der Waals surface area contributed by atoms with Crippen molar-refractivity contribution in [1.29, 1.82) is 0 Å². The number of rotatable bonds is 5. The Morgan fingerprint density at radius 2 is 2.09 bits per heavy atom. The van der Waals surface area contributed by atoms with Crippen molar-refractivity contribution < 1.29 is 4.79 Å². The Bertz CT molecular complexity index is 1160. The van der Waals surface area contributed by atoms with Gasteiger partial charge in [-0.05, 0) is 44.7 Å². The summed E-state index contributed by atoms with van der Waals surface area (Å²) in [6, 6.07) is 7.47. The first-order valence-electron chi connectivity index (χ1n) is 11.6. The van der Waals surface area contributed by atoms with Gasteiger partial charge in [0.25, 0.3) is 5.91 Å². The van der Waals surface area contributed by atoms with Crippen molar-refractivity contribution in [2.75, 3.05) is 36.5 Å². The summed E-state index contributed by atoms with van der Waals surface area (Å²) in [4.78, 5) is 26.9. The quantitative estimate of drug-likeness (QED) is 0.501. The van der Waals surface area contributed by atoms with E-state index in [1.807, 2.05) is 27.7 Å². The van der Waals surface area contributed by atoms with Crippen LogP contribution in [0.1, 0.15) is 53.5 Å². The molecule has 2 atom stereocenters. The Labute approximate surface area is 193 Å². The number of aromatic nitrogens is 4. The molecule has 2 aliphatic heterocycles. The van der Waals surface area contributed by atoms with Crippen LogP contribution in [-0.2, 0) is 0 Å². The molecule has 0 spiro atoms. The van der Waals surface area contributed by atoms with E-state index in [1.165, 1.54) is 0 Å². The number of piperidine rings is 1. The molecule has 0 bridgehead atoms. The highest BCUT2D eigenvalue weighted by atomic mass is 16.2. The number of hydrogen-bond donors (Lipinski definition) is 3. The first-order chi connectivity index (χ1) is 16.0. The summed E-state index contributed by atoms with van der Waals surface area (Å²) in [5.74, 6) is 1.47. The topological polar surface area (TPSA) is 131 Å². The zero-order chi connectivity index (χ0) is 22.9. The van der Waals surface area contributed by atoms with Gasteiger partial charge in [-0.3, -0.25) is 4.79 Å². The number of carbonyl (C=O) groups excluding carboxylic acids is 1. The van der Waals surface area contributed by atoms with Gasteiger partial charge in [-0.1, -0.05) is 6.07 Å². The normalized spacial score (nSPS) is 21.1. The molecule has 3 aromatic rings. The summed E-state index contributed by atoms with van der Waals surface area (Å²) in [6.45, 7) is 4.73. The molecule has 5 rings (SSSR count). The van der Waals surface area contributed by atoms with E-state index in [2.05, 4.69) is 22.1 Å². The molecule has 5 N–H and O–H groups in total. The van der Waals surface area contributed by atoms with E-state index < -0.39 is 0 Å². The van der Waals surface area contributed by atoms with Crippen LogP contribution in [0.15, 0.2) is 30.5 Å². The lowest BCUT2D eigenvalue weighted by Crippen LogP contribution is -2.39. The third kappa shape index (κ3) is 4.23. The lowest BCUT2D eigenvalue weighted by molar-refractivity contribution is 0.0599. The fourth-order valence-corrected chi connectivity index (χ4v) is 4.87. The second kappa shape index (κ2) is 8.95. The Hall–Kier alpha value is -3.24. The van der Waals surface area contributed by atoms with Crippen LogP contribution in [0, 0.1) is 6.92 Å². The first kappa shape index (κ1) is 21.6. The molecule has 3 aromatic heterocycles. The Morgan fingerprint density at radius 1 is 1.21 bits per heavy atom. The maximum absolute atomic E-state index is 13.4. The monoisotopic (exact) mass is 449 g/mol. The van der Waals surface area contributed by atoms with Crippen LogP contribution in [0.25, 0.3) is 5.65 Å². The summed E-state index contributed by atoms with van der Waals surface area (Å²) < 4.78 is 1.82. The van der Waals surface area contributed by atoms with E-state index in [0.29, 0.717) is 18.1 Å². The van der Waals surface area contributed by atoms with Crippen molar-refractivity contribution in [2.24, 2.45) is 11.5 Å². The standard InChI is InChI=1S/C23H31N9O/c1-15-12-32-21(28-22(15)30-10-8-16(25)13-30)11-18(29-32)19-6-2-3-9-31(19)23(33)17-5-4-7-20(27-17)26-14-24/h4-5,7,11-12,16,19H,2-3,6,8-10,13-14,24-25H2,1H3,(H,26,27)/t16-,19-/m0/s1. The summed E-state index contributed by atoms with van der Waals surface area (Å²) in [7, 11) is 0. The van der Waals surface area contributed by atoms with Gasteiger partial charge < -0.3 is 26.6 Å². The number of fused-ring (bicyclic) bond motifs is 1. The van der Waals surface area contributed by atoms with E-state index in [9.17, 15) is 4.79 Å². The predicted octanol–water partition coefficient (Wildman–Crippen LogP) is 1.67. The number of nitrogens with one attached hydrogen (secondary N) is 1. The van der Waals surface area contributed by atoms with Crippen LogP contribution in [0.4, 0.5) is 11.6 Å². The lowest BCUT2D eigenvalue weighted by atomic mass is 9.99. The van der Waals surface area contributed by atoms with Gasteiger partial charge in [0.2, 0.25) is 0 Å². The average molecular weight is 450 g/mol. The maximum Gasteiger partial charge on any atom is 0.273 e. The molecule has 0 saturated carbocycles. The van der Waals surface area contributed by atoms with Crippen LogP contribution in [0.3, 0.4) is 0 Å². The van der Waals surface area contributed by atoms with Gasteiger partial charge in [0.15, 0.2) is 5.65 Å². The van der Waals surface area contributed by atoms with Crippen molar-refractivity contribution in [3.05, 3.63) is 47.4 Å². The van der Waals surface area contributed by atoms with Crippen molar-refractivity contribution in [1.82, 2.24) is 24.5 Å². The summed E-state index contributed by atoms with van der Waals surface area (Å²) in [5, 5.41) is 7.78. The smallest absolute Gasteiger partial charge is 0.273 e. The van der Waals surface area contributed by atoms with Crippen LogP contribution in [0.2, 0.25) is 0 Å². The highest BCUT2D eigenvalue weighted by Gasteiger charge is 2.32. The van der Waals surface area contributed by atoms with Crippen LogP contribution in [0.5, 0.6) is 0 Å². The largest absolute Gasteiger partial charge is 0.358 e. The Kier molecular flexibility index (Phi) is 5.86. The third-order valence-corrected chi connectivity index (χ3v) is 6.50. The number of anilines is 2. The molecule has 0 aliphatic carbocycles. The molecule has 0 aromatic carbocycles. The molecular weight excluding hydrogens is 418 g/mol. The SMILES string of the molecule is Cc1cn2nc([C@@H]3CCCCN3C(=O)c3cccc(NCN)n3)cc2nc1N1CC[C@H](N)C1. The van der Waals surface area contributed by atoms with E-state index in [4.69, 9.17) is 21.5 Å². The zero-order valence-corrected chi connectivity index (χ0v) is 18.9. The van der Waals surface area contributed by atoms with Gasteiger partial charge in [0.05, 0.1) is 18.4 Å². The fourth-order valence-electron chi connectivity index (χ4n) is 4.87. The number of aryl methyl sites for hydroxylation is 1. The van der Waals surface area contributed by atoms with Gasteiger partial charge in [0, 0.05) is 43.5 Å². The minimum Gasteiger partial charge on any atom is -0.358 e. The zero-order valence-electron chi connectivity index (χ0n) is 18.9. The van der Waals surface area contributed by atoms with Crippen LogP contribution < -0.4 is 21.7 Å². The van der Waals surface area contributed by atoms with Crippen molar-refractivity contribution in [2.45, 2.75) is 44.7 Å². The number of carbonyl (C=O) groups is 1. The molecule has 2 fully saturated rings. The van der Waals surface area contributed by atoms with Crippen molar-refractivity contribution in [3.8, 4) is 0 Å². The maximum atomic E-state index is 13.4. The fraction of sp³-hybridized carbons (Fsp3) is 0.478. The third-order valence-electron chi connectivity index (χ3n) is 6.50. The molecule has 2 aliphatic rings. The molecule has 0 radical (unpaired) electrons. The molecule has 1 amide bonds.